The number of rotatable bonds is 9. The maximum absolute atomic E-state index is 12.3. The topological polar surface area (TPSA) is 47.6 Å². The Labute approximate surface area is 163 Å². The lowest BCUT2D eigenvalue weighted by atomic mass is 10.2. The summed E-state index contributed by atoms with van der Waals surface area (Å²) in [6, 6.07) is 13.1. The summed E-state index contributed by atoms with van der Waals surface area (Å²) in [5.41, 5.74) is 1.50. The van der Waals surface area contributed by atoms with Gasteiger partial charge in [0.2, 0.25) is 5.91 Å². The van der Waals surface area contributed by atoms with Crippen molar-refractivity contribution < 1.29 is 14.3 Å². The third kappa shape index (κ3) is 6.23. The third-order valence-electron chi connectivity index (χ3n) is 3.59. The van der Waals surface area contributed by atoms with Crippen LogP contribution in [-0.2, 0) is 4.79 Å². The van der Waals surface area contributed by atoms with Gasteiger partial charge in [-0.05, 0) is 49.8 Å². The van der Waals surface area contributed by atoms with Crippen molar-refractivity contribution in [2.24, 2.45) is 0 Å². The number of anilines is 1. The summed E-state index contributed by atoms with van der Waals surface area (Å²) in [6.45, 7) is 5.24. The van der Waals surface area contributed by atoms with Gasteiger partial charge >= 0.3 is 0 Å². The maximum atomic E-state index is 12.3. The Balaban J connectivity index is 2.07. The fraction of sp³-hybridized carbons (Fsp3) is 0.286. The van der Waals surface area contributed by atoms with Crippen molar-refractivity contribution in [2.45, 2.75) is 26.7 Å². The van der Waals surface area contributed by atoms with E-state index < -0.39 is 0 Å². The van der Waals surface area contributed by atoms with Crippen molar-refractivity contribution in [3.05, 3.63) is 58.6 Å². The second-order valence-corrected chi connectivity index (χ2v) is 6.55. The van der Waals surface area contributed by atoms with Crippen LogP contribution in [0.5, 0.6) is 11.5 Å². The van der Waals surface area contributed by atoms with Crippen molar-refractivity contribution in [1.29, 1.82) is 0 Å². The summed E-state index contributed by atoms with van der Waals surface area (Å²) in [6.07, 6.45) is 5.27. The molecular formula is C21H24BrNO3. The van der Waals surface area contributed by atoms with Gasteiger partial charge in [0.1, 0.15) is 11.5 Å². The van der Waals surface area contributed by atoms with Crippen LogP contribution < -0.4 is 14.8 Å². The number of carbonyl (C=O) groups excluding carboxylic acids is 1. The van der Waals surface area contributed by atoms with E-state index in [1.54, 1.807) is 6.08 Å². The molecule has 0 spiro atoms. The van der Waals surface area contributed by atoms with Crippen molar-refractivity contribution in [3.8, 4) is 11.5 Å². The molecule has 26 heavy (non-hydrogen) atoms. The minimum atomic E-state index is -0.223. The van der Waals surface area contributed by atoms with Gasteiger partial charge in [-0.25, -0.2) is 0 Å². The molecule has 0 aromatic heterocycles. The first-order valence-corrected chi connectivity index (χ1v) is 9.56. The molecule has 5 heteroatoms. The molecule has 0 aliphatic rings. The van der Waals surface area contributed by atoms with Crippen LogP contribution in [0.4, 0.5) is 5.69 Å². The van der Waals surface area contributed by atoms with Crippen LogP contribution in [0.15, 0.2) is 53.0 Å². The quantitative estimate of drug-likeness (QED) is 0.421. The van der Waals surface area contributed by atoms with E-state index in [-0.39, 0.29) is 5.91 Å². The highest BCUT2D eigenvalue weighted by Crippen LogP contribution is 2.26. The van der Waals surface area contributed by atoms with Crippen molar-refractivity contribution >= 4 is 33.6 Å². The summed E-state index contributed by atoms with van der Waals surface area (Å²) >= 11 is 3.44. The second-order valence-electron chi connectivity index (χ2n) is 5.64. The zero-order valence-corrected chi connectivity index (χ0v) is 16.7. The number of carbonyl (C=O) groups is 1. The van der Waals surface area contributed by atoms with E-state index in [0.717, 1.165) is 28.6 Å². The standard InChI is InChI=1S/C21H24BrNO3/c1-3-5-14-26-20-9-7-6-8-18(20)23-21(24)13-10-16-15-17(22)11-12-19(16)25-4-2/h6-13,15H,3-5,14H2,1-2H3,(H,23,24)/b13-10+. The van der Waals surface area contributed by atoms with Crippen molar-refractivity contribution in [1.82, 2.24) is 0 Å². The average molecular weight is 418 g/mol. The summed E-state index contributed by atoms with van der Waals surface area (Å²) in [5, 5.41) is 2.87. The SMILES string of the molecule is CCCCOc1ccccc1NC(=O)/C=C/c1cc(Br)ccc1OCC. The molecule has 2 aromatic carbocycles. The molecular weight excluding hydrogens is 394 g/mol. The molecule has 0 saturated carbocycles. The molecule has 0 saturated heterocycles. The van der Waals surface area contributed by atoms with E-state index in [9.17, 15) is 4.79 Å². The number of unbranched alkanes of at least 4 members (excludes halogenated alkanes) is 1. The van der Waals surface area contributed by atoms with Gasteiger partial charge in [-0.2, -0.15) is 0 Å². The first-order valence-electron chi connectivity index (χ1n) is 8.77. The summed E-state index contributed by atoms with van der Waals surface area (Å²) < 4.78 is 12.3. The average Bonchev–Trinajstić information content (AvgIpc) is 2.63. The lowest BCUT2D eigenvalue weighted by Gasteiger charge is -2.11. The highest BCUT2D eigenvalue weighted by molar-refractivity contribution is 9.10. The van der Waals surface area contributed by atoms with Gasteiger partial charge in [-0.15, -0.1) is 0 Å². The molecule has 0 aliphatic heterocycles. The van der Waals surface area contributed by atoms with Gasteiger partial charge in [0.05, 0.1) is 18.9 Å². The Kier molecular flexibility index (Phi) is 8.22. The van der Waals surface area contributed by atoms with E-state index in [2.05, 4.69) is 28.2 Å². The molecule has 0 bridgehead atoms. The minimum absolute atomic E-state index is 0.223. The molecule has 138 valence electrons. The molecule has 0 aliphatic carbocycles. The molecule has 4 nitrogen and oxygen atoms in total. The number of ether oxygens (including phenoxy) is 2. The highest BCUT2D eigenvalue weighted by atomic mass is 79.9. The third-order valence-corrected chi connectivity index (χ3v) is 4.08. The van der Waals surface area contributed by atoms with Crippen molar-refractivity contribution in [3.63, 3.8) is 0 Å². The van der Waals surface area contributed by atoms with E-state index in [1.165, 1.54) is 6.08 Å². The maximum Gasteiger partial charge on any atom is 0.248 e. The van der Waals surface area contributed by atoms with Crippen LogP contribution in [0.25, 0.3) is 6.08 Å². The van der Waals surface area contributed by atoms with Gasteiger partial charge in [-0.3, -0.25) is 4.79 Å². The second kappa shape index (κ2) is 10.7. The Morgan fingerprint density at radius 1 is 1.12 bits per heavy atom. The lowest BCUT2D eigenvalue weighted by Crippen LogP contribution is -2.09. The van der Waals surface area contributed by atoms with Crippen LogP contribution in [0.1, 0.15) is 32.3 Å². The summed E-state index contributed by atoms with van der Waals surface area (Å²) in [7, 11) is 0. The fourth-order valence-electron chi connectivity index (χ4n) is 2.30. The fourth-order valence-corrected chi connectivity index (χ4v) is 2.68. The molecule has 0 radical (unpaired) electrons. The molecule has 0 fully saturated rings. The van der Waals surface area contributed by atoms with Crippen LogP contribution >= 0.6 is 15.9 Å². The summed E-state index contributed by atoms with van der Waals surface area (Å²) in [5.74, 6) is 1.20. The van der Waals surface area contributed by atoms with Crippen LogP contribution in [0.3, 0.4) is 0 Å². The number of hydrogen-bond acceptors (Lipinski definition) is 3. The van der Waals surface area contributed by atoms with Crippen LogP contribution in [0.2, 0.25) is 0 Å². The summed E-state index contributed by atoms with van der Waals surface area (Å²) in [4.78, 5) is 12.3. The van der Waals surface area contributed by atoms with E-state index in [0.29, 0.717) is 24.7 Å². The van der Waals surface area contributed by atoms with Crippen LogP contribution in [0, 0.1) is 0 Å². The monoisotopic (exact) mass is 417 g/mol. The number of benzene rings is 2. The Morgan fingerprint density at radius 3 is 2.69 bits per heavy atom. The molecule has 2 aromatic rings. The minimum Gasteiger partial charge on any atom is -0.493 e. The Hall–Kier alpha value is -2.27. The smallest absolute Gasteiger partial charge is 0.248 e. The van der Waals surface area contributed by atoms with Gasteiger partial charge < -0.3 is 14.8 Å². The van der Waals surface area contributed by atoms with E-state index >= 15 is 0 Å². The number of para-hydroxylation sites is 2. The Morgan fingerprint density at radius 2 is 1.92 bits per heavy atom. The van der Waals surface area contributed by atoms with Gasteiger partial charge in [-0.1, -0.05) is 41.4 Å². The first-order chi connectivity index (χ1) is 12.6. The molecule has 2 rings (SSSR count). The first kappa shape index (κ1) is 20.0. The van der Waals surface area contributed by atoms with Gasteiger partial charge in [0, 0.05) is 16.1 Å². The molecule has 0 atom stereocenters. The molecule has 0 unspecified atom stereocenters. The molecule has 0 heterocycles. The van der Waals surface area contributed by atoms with E-state index in [4.69, 9.17) is 9.47 Å². The number of hydrogen-bond donors (Lipinski definition) is 1. The predicted octanol–water partition coefficient (Wildman–Crippen LogP) is 5.68. The zero-order valence-electron chi connectivity index (χ0n) is 15.1. The highest BCUT2D eigenvalue weighted by Gasteiger charge is 2.06. The van der Waals surface area contributed by atoms with Gasteiger partial charge in [0.15, 0.2) is 0 Å². The largest absolute Gasteiger partial charge is 0.493 e. The number of halogens is 1. The normalized spacial score (nSPS) is 10.7. The predicted molar refractivity (Wildman–Crippen MR) is 110 cm³/mol. The van der Waals surface area contributed by atoms with Gasteiger partial charge in [0.25, 0.3) is 0 Å². The number of amides is 1. The van der Waals surface area contributed by atoms with Crippen LogP contribution in [-0.4, -0.2) is 19.1 Å². The lowest BCUT2D eigenvalue weighted by molar-refractivity contribution is -0.111. The Bertz CT molecular complexity index is 759. The van der Waals surface area contributed by atoms with Crippen molar-refractivity contribution in [2.75, 3.05) is 18.5 Å². The van der Waals surface area contributed by atoms with E-state index in [1.807, 2.05) is 49.4 Å². The molecule has 1 N–H and O–H groups in total. The zero-order chi connectivity index (χ0) is 18.8. The number of nitrogens with one attached hydrogen (secondary N) is 1. The molecule has 1 amide bonds.